The van der Waals surface area contributed by atoms with Crippen molar-refractivity contribution in [1.82, 2.24) is 9.80 Å². The minimum absolute atomic E-state index is 0.150. The van der Waals surface area contributed by atoms with E-state index in [1.165, 1.54) is 26.3 Å². The summed E-state index contributed by atoms with van der Waals surface area (Å²) in [6.07, 6.45) is 3.46. The molecule has 184 valence electrons. The maximum atomic E-state index is 13.7. The second-order valence-corrected chi connectivity index (χ2v) is 10.9. The number of carbonyl (C=O) groups excluding carboxylic acids is 1. The SMILES string of the molecule is C=C/C=C(OC(C)C(F)(F)P)\C(=C/CS(C)(=O)=O)C(=O)N1CCC2=C(CN(C)C(CF)=N2)C1. The van der Waals surface area contributed by atoms with Gasteiger partial charge in [0.25, 0.3) is 11.6 Å². The number of hydrogen-bond acceptors (Lipinski definition) is 6. The van der Waals surface area contributed by atoms with Gasteiger partial charge in [-0.2, -0.15) is 8.78 Å². The normalized spacial score (nSPS) is 19.2. The number of rotatable bonds is 9. The average molecular weight is 508 g/mol. The number of allylic oxidation sites excluding steroid dienone is 2. The maximum Gasteiger partial charge on any atom is 0.294 e. The molecule has 2 rings (SSSR count). The van der Waals surface area contributed by atoms with Gasteiger partial charge in [0.1, 0.15) is 18.3 Å². The molecule has 0 radical (unpaired) electrons. The Labute approximate surface area is 194 Å². The van der Waals surface area contributed by atoms with Gasteiger partial charge in [-0.15, -0.1) is 0 Å². The first-order valence-electron chi connectivity index (χ1n) is 10.2. The quantitative estimate of drug-likeness (QED) is 0.208. The highest BCUT2D eigenvalue weighted by Crippen LogP contribution is 2.32. The molecule has 0 N–H and O–H groups in total. The van der Waals surface area contributed by atoms with Gasteiger partial charge in [-0.25, -0.2) is 17.8 Å². The second kappa shape index (κ2) is 10.9. The number of nitrogens with zero attached hydrogens (tertiary/aromatic N) is 3. The van der Waals surface area contributed by atoms with Gasteiger partial charge in [0, 0.05) is 45.1 Å². The van der Waals surface area contributed by atoms with E-state index in [4.69, 9.17) is 4.74 Å². The smallest absolute Gasteiger partial charge is 0.294 e. The summed E-state index contributed by atoms with van der Waals surface area (Å²) in [7, 11) is -0.425. The van der Waals surface area contributed by atoms with Crippen LogP contribution in [0.15, 0.2) is 52.4 Å². The van der Waals surface area contributed by atoms with E-state index >= 15 is 0 Å². The van der Waals surface area contributed by atoms with Crippen molar-refractivity contribution in [2.75, 3.05) is 45.4 Å². The molecule has 0 aromatic carbocycles. The van der Waals surface area contributed by atoms with Crippen LogP contribution in [-0.2, 0) is 19.4 Å². The molecule has 0 spiro atoms. The van der Waals surface area contributed by atoms with Gasteiger partial charge >= 0.3 is 0 Å². The summed E-state index contributed by atoms with van der Waals surface area (Å²) < 4.78 is 69.4. The molecule has 1 amide bonds. The minimum Gasteiger partial charge on any atom is -0.483 e. The summed E-state index contributed by atoms with van der Waals surface area (Å²) in [6.45, 7) is 4.81. The first-order valence-corrected chi connectivity index (χ1v) is 12.8. The van der Waals surface area contributed by atoms with Crippen molar-refractivity contribution >= 4 is 30.8 Å². The van der Waals surface area contributed by atoms with Gasteiger partial charge in [0.2, 0.25) is 0 Å². The van der Waals surface area contributed by atoms with Gasteiger partial charge in [-0.05, 0) is 18.6 Å². The van der Waals surface area contributed by atoms with Crippen molar-refractivity contribution < 1.29 is 31.1 Å². The van der Waals surface area contributed by atoms with Crippen LogP contribution in [0, 0.1) is 0 Å². The molecule has 0 aromatic rings. The Morgan fingerprint density at radius 1 is 1.39 bits per heavy atom. The van der Waals surface area contributed by atoms with Gasteiger partial charge in [-0.3, -0.25) is 4.79 Å². The molecule has 0 aromatic heterocycles. The number of hydrogen-bond donors (Lipinski definition) is 0. The number of amides is 1. The van der Waals surface area contributed by atoms with Crippen LogP contribution in [0.5, 0.6) is 0 Å². The Kier molecular flexibility index (Phi) is 8.93. The number of halogens is 3. The van der Waals surface area contributed by atoms with E-state index in [2.05, 4.69) is 11.6 Å². The monoisotopic (exact) mass is 507 g/mol. The Hall–Kier alpha value is -2.13. The number of carbonyl (C=O) groups is 1. The van der Waals surface area contributed by atoms with Crippen LogP contribution in [0.25, 0.3) is 0 Å². The van der Waals surface area contributed by atoms with E-state index < -0.39 is 39.9 Å². The van der Waals surface area contributed by atoms with Crippen molar-refractivity contribution in [3.05, 3.63) is 47.4 Å². The molecule has 33 heavy (non-hydrogen) atoms. The Balaban J connectivity index is 2.39. The van der Waals surface area contributed by atoms with E-state index in [1.54, 1.807) is 11.9 Å². The molecule has 0 aliphatic carbocycles. The lowest BCUT2D eigenvalue weighted by Gasteiger charge is -2.36. The molecule has 2 heterocycles. The third kappa shape index (κ3) is 7.43. The number of sulfone groups is 1. The first-order chi connectivity index (χ1) is 15.3. The van der Waals surface area contributed by atoms with Gasteiger partial charge in [-0.1, -0.05) is 28.0 Å². The van der Waals surface area contributed by atoms with Crippen LogP contribution in [0.2, 0.25) is 0 Å². The van der Waals surface area contributed by atoms with Crippen molar-refractivity contribution in [2.45, 2.75) is 25.1 Å². The van der Waals surface area contributed by atoms with Crippen molar-refractivity contribution in [2.24, 2.45) is 4.99 Å². The summed E-state index contributed by atoms with van der Waals surface area (Å²) in [6, 6.07) is 0. The van der Waals surface area contributed by atoms with Gasteiger partial charge < -0.3 is 14.5 Å². The van der Waals surface area contributed by atoms with Gasteiger partial charge in [0.05, 0.1) is 11.3 Å². The van der Waals surface area contributed by atoms with E-state index in [0.717, 1.165) is 30.5 Å². The maximum absolute atomic E-state index is 13.7. The summed E-state index contributed by atoms with van der Waals surface area (Å²) >= 11 is 0. The van der Waals surface area contributed by atoms with Crippen LogP contribution in [0.3, 0.4) is 0 Å². The van der Waals surface area contributed by atoms with Crippen molar-refractivity contribution in [1.29, 1.82) is 0 Å². The number of amidine groups is 1. The topological polar surface area (TPSA) is 79.3 Å². The molecule has 2 unspecified atom stereocenters. The Morgan fingerprint density at radius 2 is 2.06 bits per heavy atom. The third-order valence-corrected chi connectivity index (χ3v) is 6.39. The average Bonchev–Trinajstić information content (AvgIpc) is 2.71. The molecule has 0 saturated carbocycles. The van der Waals surface area contributed by atoms with Crippen molar-refractivity contribution in [3.63, 3.8) is 0 Å². The standard InChI is InChI=1S/C21H29F3N3O4PS/c1-5-6-18(31-14(2)21(23,24)32)16(8-10-33(4,29)30)20(28)27-9-7-17-15(13-27)12-26(3)19(11-22)25-17/h5-6,8,14H,1,7,9-13,32H2,2-4H3/b16-8+,18-6+. The lowest BCUT2D eigenvalue weighted by Crippen LogP contribution is -2.44. The van der Waals surface area contributed by atoms with Crippen LogP contribution >= 0.6 is 9.24 Å². The van der Waals surface area contributed by atoms with Crippen LogP contribution in [-0.4, -0.2) is 87.1 Å². The molecule has 12 heteroatoms. The number of likely N-dealkylation sites (N-methyl/N-ethyl adjacent to an activating group) is 1. The molecular formula is C21H29F3N3O4PS. The van der Waals surface area contributed by atoms with E-state index in [0.29, 0.717) is 18.8 Å². The second-order valence-electron chi connectivity index (χ2n) is 7.96. The predicted octanol–water partition coefficient (Wildman–Crippen LogP) is 2.70. The fourth-order valence-corrected chi connectivity index (χ4v) is 3.82. The van der Waals surface area contributed by atoms with E-state index in [9.17, 15) is 26.4 Å². The zero-order valence-electron chi connectivity index (χ0n) is 18.9. The molecule has 0 saturated heterocycles. The zero-order chi connectivity index (χ0) is 25.0. The predicted molar refractivity (Wildman–Crippen MR) is 126 cm³/mol. The molecule has 2 atom stereocenters. The van der Waals surface area contributed by atoms with Crippen LogP contribution in [0.1, 0.15) is 13.3 Å². The minimum atomic E-state index is -3.50. The highest BCUT2D eigenvalue weighted by atomic mass is 32.2. The molecule has 2 aliphatic rings. The van der Waals surface area contributed by atoms with Crippen molar-refractivity contribution in [3.8, 4) is 0 Å². The lowest BCUT2D eigenvalue weighted by molar-refractivity contribution is -0.127. The van der Waals surface area contributed by atoms with E-state index in [1.807, 2.05) is 0 Å². The van der Waals surface area contributed by atoms with Crippen LogP contribution < -0.4 is 0 Å². The number of alkyl halides is 3. The summed E-state index contributed by atoms with van der Waals surface area (Å²) in [5.74, 6) is -0.932. The fourth-order valence-electron chi connectivity index (χ4n) is 3.29. The number of aliphatic imine (C=N–C) groups is 1. The first kappa shape index (κ1) is 27.1. The summed E-state index contributed by atoms with van der Waals surface area (Å²) in [4.78, 5) is 20.9. The molecule has 7 nitrogen and oxygen atoms in total. The fraction of sp³-hybridized carbons (Fsp3) is 0.524. The molecule has 2 aliphatic heterocycles. The molecule has 0 fully saturated rings. The third-order valence-electron chi connectivity index (χ3n) is 5.15. The summed E-state index contributed by atoms with van der Waals surface area (Å²) in [5.41, 5.74) is -1.88. The van der Waals surface area contributed by atoms with Gasteiger partial charge in [0.15, 0.2) is 15.9 Å². The molecular weight excluding hydrogens is 478 g/mol. The highest BCUT2D eigenvalue weighted by Gasteiger charge is 2.35. The highest BCUT2D eigenvalue weighted by molar-refractivity contribution is 7.90. The Morgan fingerprint density at radius 3 is 2.61 bits per heavy atom. The summed E-state index contributed by atoms with van der Waals surface area (Å²) in [5, 5.41) is 0. The lowest BCUT2D eigenvalue weighted by atomic mass is 10.0. The Bertz CT molecular complexity index is 1020. The molecule has 0 bridgehead atoms. The van der Waals surface area contributed by atoms with E-state index in [-0.39, 0.29) is 24.4 Å². The zero-order valence-corrected chi connectivity index (χ0v) is 20.8. The number of ether oxygens (including phenoxy) is 1. The largest absolute Gasteiger partial charge is 0.483 e. The van der Waals surface area contributed by atoms with Crippen LogP contribution in [0.4, 0.5) is 13.2 Å².